The maximum atomic E-state index is 13.3. The molecule has 6 nitrogen and oxygen atoms in total. The van der Waals surface area contributed by atoms with Gasteiger partial charge in [0.2, 0.25) is 5.91 Å². The van der Waals surface area contributed by atoms with Gasteiger partial charge in [-0.05, 0) is 39.8 Å². The van der Waals surface area contributed by atoms with E-state index >= 15 is 0 Å². The summed E-state index contributed by atoms with van der Waals surface area (Å²) in [4.78, 5) is 32.0. The van der Waals surface area contributed by atoms with Crippen molar-refractivity contribution in [2.24, 2.45) is 0 Å². The summed E-state index contributed by atoms with van der Waals surface area (Å²) in [6.45, 7) is 8.39. The van der Waals surface area contributed by atoms with Crippen LogP contribution in [0.1, 0.15) is 32.8 Å². The Morgan fingerprint density at radius 2 is 1.83 bits per heavy atom. The molecule has 2 saturated heterocycles. The zero-order chi connectivity index (χ0) is 21.0. The lowest BCUT2D eigenvalue weighted by molar-refractivity contribution is -0.135. The topological polar surface area (TPSA) is 53.1 Å². The van der Waals surface area contributed by atoms with Crippen LogP contribution in [0.15, 0.2) is 30.3 Å². The third-order valence-electron chi connectivity index (χ3n) is 5.41. The van der Waals surface area contributed by atoms with Crippen LogP contribution >= 0.6 is 11.8 Å². The van der Waals surface area contributed by atoms with Crippen molar-refractivity contribution in [1.82, 2.24) is 14.7 Å². The maximum Gasteiger partial charge on any atom is 0.411 e. The molecule has 0 radical (unpaired) electrons. The molecule has 0 spiro atoms. The van der Waals surface area contributed by atoms with Gasteiger partial charge in [0.05, 0.1) is 0 Å². The highest BCUT2D eigenvalue weighted by Crippen LogP contribution is 2.27. The number of nitrogens with zero attached hydrogens (tertiary/aromatic N) is 3. The number of hydrogen-bond donors (Lipinski definition) is 0. The number of benzene rings is 1. The van der Waals surface area contributed by atoms with Crippen LogP contribution in [-0.4, -0.2) is 82.6 Å². The summed E-state index contributed by atoms with van der Waals surface area (Å²) in [5.41, 5.74) is 0.641. The Bertz CT molecular complexity index is 701. The minimum Gasteiger partial charge on any atom is -0.444 e. The molecule has 0 N–H and O–H groups in total. The molecular formula is C22H33N3O3S. The van der Waals surface area contributed by atoms with E-state index < -0.39 is 17.7 Å². The number of likely N-dealkylation sites (tertiary alicyclic amines) is 1. The molecule has 2 amide bonds. The first-order valence-corrected chi connectivity index (χ1v) is 11.5. The molecule has 0 bridgehead atoms. The van der Waals surface area contributed by atoms with Crippen LogP contribution in [0.3, 0.4) is 0 Å². The summed E-state index contributed by atoms with van der Waals surface area (Å²) in [6, 6.07) is 9.95. The SMILES string of the molecule is CN(Cc1ccccc1)[C@H]1C[C@@H](C(=O)N2CCSCC2)N(C(=O)OC(C)(C)C)C1. The Kier molecular flexibility index (Phi) is 7.11. The molecule has 3 rings (SSSR count). The molecule has 29 heavy (non-hydrogen) atoms. The molecule has 7 heteroatoms. The molecule has 2 aliphatic heterocycles. The van der Waals surface area contributed by atoms with E-state index in [1.807, 2.05) is 55.6 Å². The van der Waals surface area contributed by atoms with Gasteiger partial charge in [0.1, 0.15) is 11.6 Å². The molecule has 2 aliphatic rings. The average molecular weight is 420 g/mol. The van der Waals surface area contributed by atoms with Gasteiger partial charge < -0.3 is 9.64 Å². The van der Waals surface area contributed by atoms with Crippen LogP contribution in [0.5, 0.6) is 0 Å². The number of thioether (sulfide) groups is 1. The van der Waals surface area contributed by atoms with Crippen LogP contribution in [-0.2, 0) is 16.1 Å². The quantitative estimate of drug-likeness (QED) is 0.751. The highest BCUT2D eigenvalue weighted by molar-refractivity contribution is 7.99. The molecule has 160 valence electrons. The molecule has 0 unspecified atom stereocenters. The highest BCUT2D eigenvalue weighted by atomic mass is 32.2. The fraction of sp³-hybridized carbons (Fsp3) is 0.636. The Morgan fingerprint density at radius 1 is 1.17 bits per heavy atom. The molecule has 2 atom stereocenters. The molecule has 2 fully saturated rings. The summed E-state index contributed by atoms with van der Waals surface area (Å²) < 4.78 is 5.63. The molecule has 1 aromatic rings. The van der Waals surface area contributed by atoms with E-state index in [2.05, 4.69) is 24.1 Å². The van der Waals surface area contributed by atoms with Crippen LogP contribution < -0.4 is 0 Å². The smallest absolute Gasteiger partial charge is 0.411 e. The number of ether oxygens (including phenoxy) is 1. The first-order chi connectivity index (χ1) is 13.7. The van der Waals surface area contributed by atoms with E-state index in [-0.39, 0.29) is 11.9 Å². The minimum absolute atomic E-state index is 0.0618. The third kappa shape index (κ3) is 5.89. The lowest BCUT2D eigenvalue weighted by atomic mass is 10.1. The second-order valence-corrected chi connectivity index (χ2v) is 10.1. The van der Waals surface area contributed by atoms with Crippen molar-refractivity contribution < 1.29 is 14.3 Å². The van der Waals surface area contributed by atoms with Crippen LogP contribution in [0.2, 0.25) is 0 Å². The van der Waals surface area contributed by atoms with Gasteiger partial charge in [-0.3, -0.25) is 14.6 Å². The molecule has 2 heterocycles. The average Bonchev–Trinajstić information content (AvgIpc) is 3.13. The summed E-state index contributed by atoms with van der Waals surface area (Å²) in [5, 5.41) is 0. The van der Waals surface area contributed by atoms with E-state index in [0.717, 1.165) is 31.1 Å². The monoisotopic (exact) mass is 419 g/mol. The zero-order valence-corrected chi connectivity index (χ0v) is 18.8. The summed E-state index contributed by atoms with van der Waals surface area (Å²) in [5.74, 6) is 1.98. The van der Waals surface area contributed by atoms with Crippen molar-refractivity contribution >= 4 is 23.8 Å². The zero-order valence-electron chi connectivity index (χ0n) is 18.0. The molecule has 1 aromatic carbocycles. The molecule has 0 aliphatic carbocycles. The van der Waals surface area contributed by atoms with E-state index in [1.165, 1.54) is 5.56 Å². The normalized spacial score (nSPS) is 22.8. The van der Waals surface area contributed by atoms with Crippen molar-refractivity contribution in [2.75, 3.05) is 38.2 Å². The van der Waals surface area contributed by atoms with E-state index in [0.29, 0.717) is 13.0 Å². The summed E-state index contributed by atoms with van der Waals surface area (Å²) >= 11 is 1.87. The van der Waals surface area contributed by atoms with Crippen molar-refractivity contribution in [3.8, 4) is 0 Å². The van der Waals surface area contributed by atoms with Gasteiger partial charge in [0, 0.05) is 43.7 Å². The standard InChI is InChI=1S/C22H33N3O3S/c1-22(2,3)28-21(27)25-16-18(23(4)15-17-8-6-5-7-9-17)14-19(25)20(26)24-10-12-29-13-11-24/h5-9,18-19H,10-16H2,1-4H3/t18-,19-/m0/s1. The minimum atomic E-state index is -0.583. The molecule has 0 saturated carbocycles. The van der Waals surface area contributed by atoms with Crippen molar-refractivity contribution in [3.05, 3.63) is 35.9 Å². The van der Waals surface area contributed by atoms with Gasteiger partial charge in [-0.2, -0.15) is 11.8 Å². The fourth-order valence-electron chi connectivity index (χ4n) is 3.88. The molecule has 0 aromatic heterocycles. The van der Waals surface area contributed by atoms with Gasteiger partial charge in [-0.15, -0.1) is 0 Å². The lowest BCUT2D eigenvalue weighted by Crippen LogP contribution is -2.50. The summed E-state index contributed by atoms with van der Waals surface area (Å²) in [7, 11) is 2.06. The van der Waals surface area contributed by atoms with E-state index in [9.17, 15) is 9.59 Å². The molecular weight excluding hydrogens is 386 g/mol. The predicted octanol–water partition coefficient (Wildman–Crippen LogP) is 3.07. The number of hydrogen-bond acceptors (Lipinski definition) is 5. The van der Waals surface area contributed by atoms with Gasteiger partial charge in [-0.25, -0.2) is 4.79 Å². The number of likely N-dealkylation sites (N-methyl/N-ethyl adjacent to an activating group) is 1. The van der Waals surface area contributed by atoms with Gasteiger partial charge >= 0.3 is 6.09 Å². The Labute approximate surface area is 178 Å². The Hall–Kier alpha value is -1.73. The van der Waals surface area contributed by atoms with Crippen molar-refractivity contribution in [1.29, 1.82) is 0 Å². The van der Waals surface area contributed by atoms with E-state index in [4.69, 9.17) is 4.74 Å². The highest BCUT2D eigenvalue weighted by Gasteiger charge is 2.44. The second-order valence-electron chi connectivity index (χ2n) is 8.88. The Morgan fingerprint density at radius 3 is 2.45 bits per heavy atom. The fourth-order valence-corrected chi connectivity index (χ4v) is 4.79. The first kappa shape index (κ1) is 22.0. The number of carbonyl (C=O) groups is 2. The van der Waals surface area contributed by atoms with Gasteiger partial charge in [0.25, 0.3) is 0 Å². The van der Waals surface area contributed by atoms with Crippen LogP contribution in [0.25, 0.3) is 0 Å². The third-order valence-corrected chi connectivity index (χ3v) is 6.36. The van der Waals surface area contributed by atoms with Crippen LogP contribution in [0.4, 0.5) is 4.79 Å². The number of carbonyl (C=O) groups excluding carboxylic acids is 2. The second kappa shape index (κ2) is 9.39. The van der Waals surface area contributed by atoms with Crippen LogP contribution in [0, 0.1) is 0 Å². The predicted molar refractivity (Wildman–Crippen MR) is 117 cm³/mol. The van der Waals surface area contributed by atoms with E-state index in [1.54, 1.807) is 4.90 Å². The maximum absolute atomic E-state index is 13.3. The Balaban J connectivity index is 1.73. The first-order valence-electron chi connectivity index (χ1n) is 10.3. The van der Waals surface area contributed by atoms with Gasteiger partial charge in [-0.1, -0.05) is 30.3 Å². The van der Waals surface area contributed by atoms with Crippen molar-refractivity contribution in [3.63, 3.8) is 0 Å². The van der Waals surface area contributed by atoms with Gasteiger partial charge in [0.15, 0.2) is 0 Å². The van der Waals surface area contributed by atoms with Crippen molar-refractivity contribution in [2.45, 2.75) is 51.4 Å². The number of rotatable bonds is 4. The summed E-state index contributed by atoms with van der Waals surface area (Å²) in [6.07, 6.45) is 0.253. The number of amides is 2. The largest absolute Gasteiger partial charge is 0.444 e. The lowest BCUT2D eigenvalue weighted by Gasteiger charge is -2.33.